The van der Waals surface area contributed by atoms with Crippen LogP contribution in [0.5, 0.6) is 17.2 Å². The van der Waals surface area contributed by atoms with Crippen LogP contribution in [-0.4, -0.2) is 23.5 Å². The highest BCUT2D eigenvalue weighted by molar-refractivity contribution is 6.00. The lowest BCUT2D eigenvalue weighted by atomic mass is 10.1. The van der Waals surface area contributed by atoms with E-state index in [0.29, 0.717) is 11.5 Å². The lowest BCUT2D eigenvalue weighted by Gasteiger charge is -2.09. The van der Waals surface area contributed by atoms with Crippen molar-refractivity contribution < 1.29 is 28.6 Å². The van der Waals surface area contributed by atoms with Gasteiger partial charge in [-0.15, -0.1) is 0 Å². The molecule has 0 fully saturated rings. The summed E-state index contributed by atoms with van der Waals surface area (Å²) in [6.45, 7) is 1.93. The van der Waals surface area contributed by atoms with Gasteiger partial charge in [-0.05, 0) is 49.4 Å². The molecule has 0 saturated carbocycles. The molecule has 0 unspecified atom stereocenters. The molecule has 5 nitrogen and oxygen atoms in total. The SMILES string of the molecule is CCOC(=O)CCC(=O)c1cc(Oc2ccc(F)cc2)ccc1O. The Labute approximate surface area is 138 Å². The van der Waals surface area contributed by atoms with Crippen molar-refractivity contribution in [2.45, 2.75) is 19.8 Å². The van der Waals surface area contributed by atoms with E-state index in [1.807, 2.05) is 0 Å². The Morgan fingerprint density at radius 2 is 1.71 bits per heavy atom. The smallest absolute Gasteiger partial charge is 0.306 e. The minimum Gasteiger partial charge on any atom is -0.507 e. The molecule has 24 heavy (non-hydrogen) atoms. The van der Waals surface area contributed by atoms with Gasteiger partial charge < -0.3 is 14.6 Å². The number of esters is 1. The molecule has 0 amide bonds. The molecule has 0 bridgehead atoms. The predicted octanol–water partition coefficient (Wildman–Crippen LogP) is 3.85. The van der Waals surface area contributed by atoms with Crippen molar-refractivity contribution in [2.75, 3.05) is 6.61 Å². The van der Waals surface area contributed by atoms with Crippen molar-refractivity contribution >= 4 is 11.8 Å². The van der Waals surface area contributed by atoms with Crippen LogP contribution in [0.15, 0.2) is 42.5 Å². The molecule has 0 aliphatic carbocycles. The number of carbonyl (C=O) groups excluding carboxylic acids is 2. The number of halogens is 1. The maximum Gasteiger partial charge on any atom is 0.306 e. The van der Waals surface area contributed by atoms with Gasteiger partial charge in [-0.2, -0.15) is 0 Å². The molecule has 0 aliphatic heterocycles. The molecule has 0 aliphatic rings. The molecule has 0 spiro atoms. The number of ether oxygens (including phenoxy) is 2. The molecule has 0 saturated heterocycles. The van der Waals surface area contributed by atoms with Crippen LogP contribution in [-0.2, 0) is 9.53 Å². The number of phenols is 1. The van der Waals surface area contributed by atoms with Crippen molar-refractivity contribution in [3.8, 4) is 17.2 Å². The molecule has 0 aromatic heterocycles. The van der Waals surface area contributed by atoms with Gasteiger partial charge in [0, 0.05) is 6.42 Å². The first kappa shape index (κ1) is 17.5. The Morgan fingerprint density at radius 3 is 2.38 bits per heavy atom. The lowest BCUT2D eigenvalue weighted by Crippen LogP contribution is -2.08. The van der Waals surface area contributed by atoms with Crippen molar-refractivity contribution in [3.63, 3.8) is 0 Å². The highest BCUT2D eigenvalue weighted by Gasteiger charge is 2.15. The van der Waals surface area contributed by atoms with Gasteiger partial charge in [-0.3, -0.25) is 9.59 Å². The maximum absolute atomic E-state index is 12.9. The summed E-state index contributed by atoms with van der Waals surface area (Å²) >= 11 is 0. The van der Waals surface area contributed by atoms with Crippen LogP contribution in [0.2, 0.25) is 0 Å². The number of rotatable bonds is 7. The molecule has 2 aromatic carbocycles. The molecule has 126 valence electrons. The number of aromatic hydroxyl groups is 1. The van der Waals surface area contributed by atoms with E-state index >= 15 is 0 Å². The number of hydrogen-bond acceptors (Lipinski definition) is 5. The fourth-order valence-corrected chi connectivity index (χ4v) is 2.02. The molecular weight excluding hydrogens is 315 g/mol. The van der Waals surface area contributed by atoms with E-state index in [4.69, 9.17) is 9.47 Å². The molecule has 1 N–H and O–H groups in total. The van der Waals surface area contributed by atoms with E-state index in [0.717, 1.165) is 0 Å². The average molecular weight is 332 g/mol. The van der Waals surface area contributed by atoms with Gasteiger partial charge in [0.25, 0.3) is 0 Å². The Morgan fingerprint density at radius 1 is 1.04 bits per heavy atom. The first-order valence-electron chi connectivity index (χ1n) is 7.45. The molecule has 0 heterocycles. The van der Waals surface area contributed by atoms with Gasteiger partial charge in [0.15, 0.2) is 5.78 Å². The zero-order chi connectivity index (χ0) is 17.5. The van der Waals surface area contributed by atoms with E-state index in [9.17, 15) is 19.1 Å². The summed E-state index contributed by atoms with van der Waals surface area (Å²) in [5, 5.41) is 9.83. The Balaban J connectivity index is 2.08. The first-order valence-corrected chi connectivity index (χ1v) is 7.45. The minimum atomic E-state index is -0.468. The largest absolute Gasteiger partial charge is 0.507 e. The van der Waals surface area contributed by atoms with Crippen molar-refractivity contribution in [1.29, 1.82) is 0 Å². The molecular formula is C18H17FO5. The first-order chi connectivity index (χ1) is 11.5. The zero-order valence-electron chi connectivity index (χ0n) is 13.1. The number of phenolic OH excluding ortho intramolecular Hbond substituents is 1. The summed E-state index contributed by atoms with van der Waals surface area (Å²) in [6, 6.07) is 9.60. The third-order valence-corrected chi connectivity index (χ3v) is 3.18. The van der Waals surface area contributed by atoms with E-state index in [1.54, 1.807) is 6.92 Å². The molecule has 2 rings (SSSR count). The van der Waals surface area contributed by atoms with Crippen LogP contribution in [0.1, 0.15) is 30.1 Å². The van der Waals surface area contributed by atoms with Crippen molar-refractivity contribution in [1.82, 2.24) is 0 Å². The Kier molecular flexibility index (Phi) is 5.89. The summed E-state index contributed by atoms with van der Waals surface area (Å²) in [6.07, 6.45) is -0.137. The fourth-order valence-electron chi connectivity index (χ4n) is 2.02. The van der Waals surface area contributed by atoms with Crippen LogP contribution in [0, 0.1) is 5.82 Å². The van der Waals surface area contributed by atoms with Crippen LogP contribution in [0.3, 0.4) is 0 Å². The summed E-state index contributed by atoms with van der Waals surface area (Å²) < 4.78 is 23.2. The topological polar surface area (TPSA) is 72.8 Å². The normalized spacial score (nSPS) is 10.2. The highest BCUT2D eigenvalue weighted by Crippen LogP contribution is 2.28. The number of Topliss-reactive ketones (excluding diaryl/α,β-unsaturated/α-hetero) is 1. The third kappa shape index (κ3) is 4.81. The molecule has 0 radical (unpaired) electrons. The lowest BCUT2D eigenvalue weighted by molar-refractivity contribution is -0.143. The third-order valence-electron chi connectivity index (χ3n) is 3.18. The Bertz CT molecular complexity index is 725. The van der Waals surface area contributed by atoms with Crippen LogP contribution < -0.4 is 4.74 Å². The summed E-state index contributed by atoms with van der Waals surface area (Å²) in [4.78, 5) is 23.5. The van der Waals surface area contributed by atoms with Gasteiger partial charge in [0.05, 0.1) is 18.6 Å². The number of hydrogen-bond donors (Lipinski definition) is 1. The number of ketones is 1. The van der Waals surface area contributed by atoms with E-state index in [-0.39, 0.29) is 36.6 Å². The summed E-state index contributed by atoms with van der Waals surface area (Å²) in [5.41, 5.74) is 0.0545. The van der Waals surface area contributed by atoms with Crippen molar-refractivity contribution in [3.05, 3.63) is 53.8 Å². The number of benzene rings is 2. The monoisotopic (exact) mass is 332 g/mol. The van der Waals surface area contributed by atoms with Gasteiger partial charge in [-0.1, -0.05) is 0 Å². The van der Waals surface area contributed by atoms with E-state index < -0.39 is 11.8 Å². The quantitative estimate of drug-likeness (QED) is 0.616. The minimum absolute atomic E-state index is 0.0545. The van der Waals surface area contributed by atoms with Gasteiger partial charge in [0.1, 0.15) is 23.1 Å². The average Bonchev–Trinajstić information content (AvgIpc) is 2.57. The van der Waals surface area contributed by atoms with Crippen LogP contribution in [0.25, 0.3) is 0 Å². The van der Waals surface area contributed by atoms with Gasteiger partial charge in [0.2, 0.25) is 0 Å². The zero-order valence-corrected chi connectivity index (χ0v) is 13.1. The van der Waals surface area contributed by atoms with Crippen molar-refractivity contribution in [2.24, 2.45) is 0 Å². The van der Waals surface area contributed by atoms with Crippen LogP contribution in [0.4, 0.5) is 4.39 Å². The summed E-state index contributed by atoms with van der Waals surface area (Å²) in [5.74, 6) is -0.738. The second-order valence-electron chi connectivity index (χ2n) is 4.96. The molecule has 0 atom stereocenters. The van der Waals surface area contributed by atoms with E-state index in [2.05, 4.69) is 0 Å². The molecule has 6 heteroatoms. The van der Waals surface area contributed by atoms with E-state index in [1.165, 1.54) is 42.5 Å². The maximum atomic E-state index is 12.9. The van der Waals surface area contributed by atoms with Gasteiger partial charge in [-0.25, -0.2) is 4.39 Å². The fraction of sp³-hybridized carbons (Fsp3) is 0.222. The van der Waals surface area contributed by atoms with Gasteiger partial charge >= 0.3 is 5.97 Å². The highest BCUT2D eigenvalue weighted by atomic mass is 19.1. The second kappa shape index (κ2) is 8.10. The standard InChI is InChI=1S/C18H17FO5/c1-2-23-18(22)10-9-17(21)15-11-14(7-8-16(15)20)24-13-5-3-12(19)4-6-13/h3-8,11,20H,2,9-10H2,1H3. The summed E-state index contributed by atoms with van der Waals surface area (Å²) in [7, 11) is 0. The number of carbonyl (C=O) groups is 2. The Hall–Kier alpha value is -2.89. The predicted molar refractivity (Wildman–Crippen MR) is 84.8 cm³/mol. The molecule has 2 aromatic rings. The second-order valence-corrected chi connectivity index (χ2v) is 4.96. The van der Waals surface area contributed by atoms with Crippen LogP contribution >= 0.6 is 0 Å².